The standard InChI is InChI=1S/C11H16O2/c1-4-9-5-8(2)6-10(7-9)11(12)13-3/h5-6,10H,4,7H2,1-3H3. The molecule has 1 aliphatic rings. The van der Waals surface area contributed by atoms with Crippen LogP contribution < -0.4 is 0 Å². The highest BCUT2D eigenvalue weighted by Crippen LogP contribution is 2.25. The van der Waals surface area contributed by atoms with E-state index in [1.165, 1.54) is 18.3 Å². The van der Waals surface area contributed by atoms with Crippen molar-refractivity contribution in [1.29, 1.82) is 0 Å². The van der Waals surface area contributed by atoms with Gasteiger partial charge in [-0.2, -0.15) is 0 Å². The summed E-state index contributed by atoms with van der Waals surface area (Å²) in [5, 5.41) is 0. The Morgan fingerprint density at radius 1 is 1.69 bits per heavy atom. The lowest BCUT2D eigenvalue weighted by atomic mass is 9.90. The topological polar surface area (TPSA) is 26.3 Å². The summed E-state index contributed by atoms with van der Waals surface area (Å²) in [5.41, 5.74) is 2.49. The zero-order chi connectivity index (χ0) is 9.84. The van der Waals surface area contributed by atoms with Crippen LogP contribution in [0, 0.1) is 5.92 Å². The molecule has 0 N–H and O–H groups in total. The molecule has 0 bridgehead atoms. The van der Waals surface area contributed by atoms with Crippen LogP contribution in [0.1, 0.15) is 26.7 Å². The van der Waals surface area contributed by atoms with Crippen molar-refractivity contribution in [2.24, 2.45) is 5.92 Å². The first-order valence-electron chi connectivity index (χ1n) is 4.63. The van der Waals surface area contributed by atoms with E-state index in [4.69, 9.17) is 4.74 Å². The minimum absolute atomic E-state index is 0.0649. The average Bonchev–Trinajstić information content (AvgIpc) is 2.15. The lowest BCUT2D eigenvalue weighted by molar-refractivity contribution is -0.143. The van der Waals surface area contributed by atoms with Gasteiger partial charge in [-0.1, -0.05) is 30.2 Å². The van der Waals surface area contributed by atoms with Gasteiger partial charge in [0.1, 0.15) is 0 Å². The van der Waals surface area contributed by atoms with Gasteiger partial charge in [-0.25, -0.2) is 0 Å². The number of hydrogen-bond donors (Lipinski definition) is 0. The molecule has 0 radical (unpaired) electrons. The smallest absolute Gasteiger partial charge is 0.312 e. The maximum absolute atomic E-state index is 11.3. The first-order valence-corrected chi connectivity index (χ1v) is 4.63. The lowest BCUT2D eigenvalue weighted by Crippen LogP contribution is -2.17. The number of hydrogen-bond acceptors (Lipinski definition) is 2. The van der Waals surface area contributed by atoms with Gasteiger partial charge in [0.2, 0.25) is 0 Å². The SMILES string of the molecule is CCC1=CC(C)=CC(C(=O)OC)C1. The molecule has 2 nitrogen and oxygen atoms in total. The van der Waals surface area contributed by atoms with Gasteiger partial charge < -0.3 is 4.74 Å². The summed E-state index contributed by atoms with van der Waals surface area (Å²) >= 11 is 0. The van der Waals surface area contributed by atoms with Crippen molar-refractivity contribution in [2.45, 2.75) is 26.7 Å². The summed E-state index contributed by atoms with van der Waals surface area (Å²) in [6.07, 6.45) is 5.96. The second-order valence-electron chi connectivity index (χ2n) is 3.40. The number of carbonyl (C=O) groups excluding carboxylic acids is 1. The van der Waals surface area contributed by atoms with E-state index in [1.54, 1.807) is 0 Å². The average molecular weight is 180 g/mol. The molecule has 0 heterocycles. The number of carbonyl (C=O) groups is 1. The van der Waals surface area contributed by atoms with Crippen LogP contribution in [0.15, 0.2) is 23.3 Å². The van der Waals surface area contributed by atoms with Crippen molar-refractivity contribution in [3.05, 3.63) is 23.3 Å². The number of ether oxygens (including phenoxy) is 1. The van der Waals surface area contributed by atoms with Gasteiger partial charge in [0.05, 0.1) is 13.0 Å². The van der Waals surface area contributed by atoms with E-state index in [2.05, 4.69) is 13.0 Å². The molecule has 1 aliphatic carbocycles. The van der Waals surface area contributed by atoms with Crippen molar-refractivity contribution in [2.75, 3.05) is 7.11 Å². The van der Waals surface area contributed by atoms with Crippen LogP contribution in [-0.4, -0.2) is 13.1 Å². The second-order valence-corrected chi connectivity index (χ2v) is 3.40. The van der Waals surface area contributed by atoms with Gasteiger partial charge in [-0.3, -0.25) is 4.79 Å². The number of methoxy groups -OCH3 is 1. The van der Waals surface area contributed by atoms with E-state index in [0.717, 1.165) is 12.8 Å². The molecule has 0 amide bonds. The third-order valence-electron chi connectivity index (χ3n) is 2.34. The van der Waals surface area contributed by atoms with Gasteiger partial charge in [-0.15, -0.1) is 0 Å². The summed E-state index contributed by atoms with van der Waals surface area (Å²) < 4.78 is 4.72. The van der Waals surface area contributed by atoms with Gasteiger partial charge >= 0.3 is 5.97 Å². The Kier molecular flexibility index (Phi) is 3.29. The molecule has 2 heteroatoms. The Hall–Kier alpha value is -1.05. The van der Waals surface area contributed by atoms with Crippen LogP contribution in [0.25, 0.3) is 0 Å². The fourth-order valence-corrected chi connectivity index (χ4v) is 1.64. The van der Waals surface area contributed by atoms with Gasteiger partial charge in [-0.05, 0) is 19.8 Å². The van der Waals surface area contributed by atoms with E-state index >= 15 is 0 Å². The van der Waals surface area contributed by atoms with E-state index in [0.29, 0.717) is 0 Å². The van der Waals surface area contributed by atoms with Crippen molar-refractivity contribution in [3.63, 3.8) is 0 Å². The third-order valence-corrected chi connectivity index (χ3v) is 2.34. The van der Waals surface area contributed by atoms with E-state index in [1.807, 2.05) is 13.0 Å². The zero-order valence-electron chi connectivity index (χ0n) is 8.46. The van der Waals surface area contributed by atoms with Gasteiger partial charge in [0.15, 0.2) is 0 Å². The molecule has 0 saturated heterocycles. The van der Waals surface area contributed by atoms with Crippen molar-refractivity contribution >= 4 is 5.97 Å². The predicted molar refractivity (Wildman–Crippen MR) is 52.3 cm³/mol. The Balaban J connectivity index is 2.74. The number of esters is 1. The Morgan fingerprint density at radius 2 is 2.38 bits per heavy atom. The van der Waals surface area contributed by atoms with E-state index in [-0.39, 0.29) is 11.9 Å². The summed E-state index contributed by atoms with van der Waals surface area (Å²) in [5.74, 6) is -0.191. The molecule has 0 saturated carbocycles. The molecule has 0 aromatic rings. The molecule has 0 aromatic heterocycles. The summed E-state index contributed by atoms with van der Waals surface area (Å²) in [6, 6.07) is 0. The van der Waals surface area contributed by atoms with E-state index in [9.17, 15) is 4.79 Å². The zero-order valence-corrected chi connectivity index (χ0v) is 8.46. The lowest BCUT2D eigenvalue weighted by Gasteiger charge is -2.17. The molecule has 1 rings (SSSR count). The van der Waals surface area contributed by atoms with Crippen LogP contribution >= 0.6 is 0 Å². The first kappa shape index (κ1) is 10.0. The van der Waals surface area contributed by atoms with Crippen LogP contribution in [-0.2, 0) is 9.53 Å². The minimum atomic E-state index is -0.126. The molecule has 0 spiro atoms. The van der Waals surface area contributed by atoms with Crippen molar-refractivity contribution in [3.8, 4) is 0 Å². The van der Waals surface area contributed by atoms with Gasteiger partial charge in [0, 0.05) is 0 Å². The van der Waals surface area contributed by atoms with Crippen molar-refractivity contribution in [1.82, 2.24) is 0 Å². The monoisotopic (exact) mass is 180 g/mol. The summed E-state index contributed by atoms with van der Waals surface area (Å²) in [6.45, 7) is 4.13. The summed E-state index contributed by atoms with van der Waals surface area (Å²) in [4.78, 5) is 11.3. The predicted octanol–water partition coefficient (Wildman–Crippen LogP) is 2.46. The van der Waals surface area contributed by atoms with E-state index < -0.39 is 0 Å². The highest BCUT2D eigenvalue weighted by Gasteiger charge is 2.20. The van der Waals surface area contributed by atoms with Crippen LogP contribution in [0.2, 0.25) is 0 Å². The molecule has 0 aromatic carbocycles. The molecular weight excluding hydrogens is 164 g/mol. The maximum Gasteiger partial charge on any atom is 0.312 e. The minimum Gasteiger partial charge on any atom is -0.469 e. The third kappa shape index (κ3) is 2.44. The maximum atomic E-state index is 11.3. The Bertz CT molecular complexity index is 261. The highest BCUT2D eigenvalue weighted by molar-refractivity contribution is 5.75. The second kappa shape index (κ2) is 4.26. The Morgan fingerprint density at radius 3 is 2.92 bits per heavy atom. The first-order chi connectivity index (χ1) is 6.17. The molecule has 72 valence electrons. The number of rotatable bonds is 2. The fourth-order valence-electron chi connectivity index (χ4n) is 1.64. The fraction of sp³-hybridized carbons (Fsp3) is 0.545. The molecule has 1 unspecified atom stereocenters. The summed E-state index contributed by atoms with van der Waals surface area (Å²) in [7, 11) is 1.44. The van der Waals surface area contributed by atoms with Crippen molar-refractivity contribution < 1.29 is 9.53 Å². The van der Waals surface area contributed by atoms with Crippen LogP contribution in [0.3, 0.4) is 0 Å². The highest BCUT2D eigenvalue weighted by atomic mass is 16.5. The molecule has 0 fully saturated rings. The van der Waals surface area contributed by atoms with Gasteiger partial charge in [0.25, 0.3) is 0 Å². The van der Waals surface area contributed by atoms with Crippen LogP contribution in [0.5, 0.6) is 0 Å². The Labute approximate surface area is 79.3 Å². The molecule has 1 atom stereocenters. The largest absolute Gasteiger partial charge is 0.469 e. The quantitative estimate of drug-likeness (QED) is 0.610. The van der Waals surface area contributed by atoms with Crippen LogP contribution in [0.4, 0.5) is 0 Å². The molecule has 0 aliphatic heterocycles. The molecule has 13 heavy (non-hydrogen) atoms. The molecular formula is C11H16O2. The normalized spacial score (nSPS) is 21.9. The number of allylic oxidation sites excluding steroid dienone is 3.